The van der Waals surface area contributed by atoms with Gasteiger partial charge in [-0.25, -0.2) is 8.42 Å². The molecule has 112 valence electrons. The van der Waals surface area contributed by atoms with Gasteiger partial charge < -0.3 is 5.32 Å². The molecule has 1 amide bonds. The van der Waals surface area contributed by atoms with Crippen molar-refractivity contribution in [2.45, 2.75) is 43.2 Å². The van der Waals surface area contributed by atoms with Crippen LogP contribution < -0.4 is 5.32 Å². The average Bonchev–Trinajstić information content (AvgIpc) is 2.76. The Bertz CT molecular complexity index is 585. The molecule has 7 heteroatoms. The molecule has 0 atom stereocenters. The van der Waals surface area contributed by atoms with Crippen LogP contribution in [0.15, 0.2) is 16.3 Å². The highest BCUT2D eigenvalue weighted by molar-refractivity contribution is 8.15. The fourth-order valence-electron chi connectivity index (χ4n) is 2.42. The fraction of sp³-hybridized carbons (Fsp3) is 0.615. The van der Waals surface area contributed by atoms with Crippen LogP contribution in [-0.4, -0.2) is 20.9 Å². The fourth-order valence-corrected chi connectivity index (χ4v) is 4.54. The molecule has 0 unspecified atom stereocenters. The first-order chi connectivity index (χ1) is 9.35. The first-order valence-electron chi connectivity index (χ1n) is 6.65. The zero-order chi connectivity index (χ0) is 14.8. The Balaban J connectivity index is 1.87. The molecule has 1 aliphatic rings. The highest BCUT2D eigenvalue weighted by atomic mass is 35.7. The number of carbonyl (C=O) groups excluding carboxylic acids is 1. The summed E-state index contributed by atoms with van der Waals surface area (Å²) >= 11 is 1.05. The molecule has 0 aromatic carbocycles. The molecule has 4 nitrogen and oxygen atoms in total. The number of carbonyl (C=O) groups is 1. The van der Waals surface area contributed by atoms with Crippen molar-refractivity contribution in [1.29, 1.82) is 0 Å². The summed E-state index contributed by atoms with van der Waals surface area (Å²) in [6.07, 6.45) is 4.89. The number of hydrogen-bond donors (Lipinski definition) is 1. The van der Waals surface area contributed by atoms with Crippen LogP contribution in [0.25, 0.3) is 0 Å². The Kier molecular flexibility index (Phi) is 4.76. The van der Waals surface area contributed by atoms with E-state index in [1.165, 1.54) is 25.3 Å². The third kappa shape index (κ3) is 3.74. The second-order valence-electron chi connectivity index (χ2n) is 5.32. The van der Waals surface area contributed by atoms with E-state index in [9.17, 15) is 13.2 Å². The summed E-state index contributed by atoms with van der Waals surface area (Å²) in [5.41, 5.74) is 0.287. The molecule has 2 rings (SSSR count). The van der Waals surface area contributed by atoms with Gasteiger partial charge in [-0.05, 0) is 36.8 Å². The molecule has 1 aliphatic carbocycles. The second kappa shape index (κ2) is 6.03. The lowest BCUT2D eigenvalue weighted by Crippen LogP contribution is -2.42. The number of halogens is 1. The van der Waals surface area contributed by atoms with E-state index in [2.05, 4.69) is 12.2 Å². The smallest absolute Gasteiger partial charge is 0.270 e. The molecule has 20 heavy (non-hydrogen) atoms. The van der Waals surface area contributed by atoms with Crippen LogP contribution in [0.2, 0.25) is 0 Å². The van der Waals surface area contributed by atoms with Crippen molar-refractivity contribution >= 4 is 37.0 Å². The maximum absolute atomic E-state index is 11.9. The van der Waals surface area contributed by atoms with E-state index in [0.717, 1.165) is 17.8 Å². The van der Waals surface area contributed by atoms with Gasteiger partial charge in [-0.2, -0.15) is 0 Å². The minimum atomic E-state index is -3.69. The predicted molar refractivity (Wildman–Crippen MR) is 80.6 cm³/mol. The van der Waals surface area contributed by atoms with Crippen molar-refractivity contribution < 1.29 is 13.2 Å². The lowest BCUT2D eigenvalue weighted by Gasteiger charge is -2.41. The standard InChI is InChI=1S/C13H18ClNO3S2/c1-2-13(6-3-7-13)9-15-11(16)8-10-4-5-12(19-10)20(14,17)18/h4-5H,2-3,6-9H2,1H3,(H,15,16). The van der Waals surface area contributed by atoms with Gasteiger partial charge in [-0.3, -0.25) is 4.79 Å². The quantitative estimate of drug-likeness (QED) is 0.813. The summed E-state index contributed by atoms with van der Waals surface area (Å²) in [5.74, 6) is -0.0647. The van der Waals surface area contributed by atoms with Crippen LogP contribution in [0, 0.1) is 5.41 Å². The number of amides is 1. The zero-order valence-corrected chi connectivity index (χ0v) is 13.7. The normalized spacial score (nSPS) is 17.5. The van der Waals surface area contributed by atoms with Gasteiger partial charge in [-0.1, -0.05) is 13.3 Å². The van der Waals surface area contributed by atoms with Gasteiger partial charge in [0.15, 0.2) is 0 Å². The molecule has 0 bridgehead atoms. The molecular formula is C13H18ClNO3S2. The summed E-state index contributed by atoms with van der Waals surface area (Å²) in [4.78, 5) is 12.6. The SMILES string of the molecule is CCC1(CNC(=O)Cc2ccc(S(=O)(=O)Cl)s2)CCC1. The minimum absolute atomic E-state index is 0.0647. The molecular weight excluding hydrogens is 318 g/mol. The summed E-state index contributed by atoms with van der Waals surface area (Å²) in [5, 5.41) is 2.96. The molecule has 1 N–H and O–H groups in total. The Hall–Kier alpha value is -0.590. The highest BCUT2D eigenvalue weighted by Crippen LogP contribution is 2.43. The first-order valence-corrected chi connectivity index (χ1v) is 9.77. The maximum Gasteiger partial charge on any atom is 0.270 e. The van der Waals surface area contributed by atoms with E-state index in [1.54, 1.807) is 6.07 Å². The van der Waals surface area contributed by atoms with Crippen molar-refractivity contribution in [2.24, 2.45) is 5.41 Å². The van der Waals surface area contributed by atoms with E-state index in [0.29, 0.717) is 11.4 Å². The average molecular weight is 336 g/mol. The predicted octanol–water partition coefficient (Wildman–Crippen LogP) is 2.91. The van der Waals surface area contributed by atoms with Crippen molar-refractivity contribution in [1.82, 2.24) is 5.32 Å². The summed E-state index contributed by atoms with van der Waals surface area (Å²) in [7, 11) is 1.56. The molecule has 1 heterocycles. The molecule has 0 radical (unpaired) electrons. The van der Waals surface area contributed by atoms with Gasteiger partial charge in [0.1, 0.15) is 4.21 Å². The van der Waals surface area contributed by atoms with Crippen LogP contribution in [-0.2, 0) is 20.3 Å². The van der Waals surface area contributed by atoms with E-state index in [4.69, 9.17) is 10.7 Å². The Morgan fingerprint density at radius 2 is 2.15 bits per heavy atom. The summed E-state index contributed by atoms with van der Waals surface area (Å²) in [6.45, 7) is 2.87. The van der Waals surface area contributed by atoms with Gasteiger partial charge in [0.05, 0.1) is 6.42 Å². The van der Waals surface area contributed by atoms with Gasteiger partial charge >= 0.3 is 0 Å². The first kappa shape index (κ1) is 15.8. The summed E-state index contributed by atoms with van der Waals surface area (Å²) in [6, 6.07) is 3.08. The molecule has 1 aromatic rings. The van der Waals surface area contributed by atoms with Crippen LogP contribution in [0.5, 0.6) is 0 Å². The van der Waals surface area contributed by atoms with Crippen LogP contribution in [0.4, 0.5) is 0 Å². The Labute approximate surface area is 127 Å². The number of rotatable bonds is 6. The number of thiophene rings is 1. The van der Waals surface area contributed by atoms with E-state index >= 15 is 0 Å². The number of hydrogen-bond acceptors (Lipinski definition) is 4. The lowest BCUT2D eigenvalue weighted by molar-refractivity contribution is -0.121. The van der Waals surface area contributed by atoms with Crippen molar-refractivity contribution in [3.05, 3.63) is 17.0 Å². The Morgan fingerprint density at radius 3 is 2.60 bits per heavy atom. The van der Waals surface area contributed by atoms with Crippen molar-refractivity contribution in [3.63, 3.8) is 0 Å². The highest BCUT2D eigenvalue weighted by Gasteiger charge is 2.35. The lowest BCUT2D eigenvalue weighted by atomic mass is 9.67. The van der Waals surface area contributed by atoms with Crippen LogP contribution >= 0.6 is 22.0 Å². The monoisotopic (exact) mass is 335 g/mol. The van der Waals surface area contributed by atoms with Gasteiger partial charge in [-0.15, -0.1) is 11.3 Å². The summed E-state index contributed by atoms with van der Waals surface area (Å²) < 4.78 is 22.4. The van der Waals surface area contributed by atoms with E-state index < -0.39 is 9.05 Å². The molecule has 0 saturated heterocycles. The van der Waals surface area contributed by atoms with Crippen LogP contribution in [0.1, 0.15) is 37.5 Å². The maximum atomic E-state index is 11.9. The minimum Gasteiger partial charge on any atom is -0.355 e. The number of nitrogens with one attached hydrogen (secondary N) is 1. The van der Waals surface area contributed by atoms with Crippen molar-refractivity contribution in [2.75, 3.05) is 6.54 Å². The third-order valence-corrected chi connectivity index (χ3v) is 7.21. The largest absolute Gasteiger partial charge is 0.355 e. The third-order valence-electron chi connectivity index (χ3n) is 4.04. The van der Waals surface area contributed by atoms with Gasteiger partial charge in [0.2, 0.25) is 5.91 Å². The zero-order valence-electron chi connectivity index (χ0n) is 11.3. The molecule has 1 aromatic heterocycles. The van der Waals surface area contributed by atoms with Gasteiger partial charge in [0, 0.05) is 22.1 Å². The molecule has 0 spiro atoms. The van der Waals surface area contributed by atoms with Gasteiger partial charge in [0.25, 0.3) is 9.05 Å². The molecule has 0 aliphatic heterocycles. The topological polar surface area (TPSA) is 63.2 Å². The second-order valence-corrected chi connectivity index (χ2v) is 9.28. The molecule has 1 saturated carbocycles. The van der Waals surface area contributed by atoms with E-state index in [-0.39, 0.29) is 22.0 Å². The Morgan fingerprint density at radius 1 is 1.45 bits per heavy atom. The van der Waals surface area contributed by atoms with Crippen molar-refractivity contribution in [3.8, 4) is 0 Å². The van der Waals surface area contributed by atoms with Crippen LogP contribution in [0.3, 0.4) is 0 Å². The molecule has 1 fully saturated rings. The van der Waals surface area contributed by atoms with E-state index in [1.807, 2.05) is 0 Å².